The summed E-state index contributed by atoms with van der Waals surface area (Å²) < 4.78 is 3.32. The van der Waals surface area contributed by atoms with Crippen molar-refractivity contribution in [3.05, 3.63) is 48.9 Å². The second-order valence-electron chi connectivity index (χ2n) is 8.53. The number of pyridine rings is 1. The van der Waals surface area contributed by atoms with Gasteiger partial charge >= 0.3 is 0 Å². The smallest absolute Gasteiger partial charge is 0.133 e. The van der Waals surface area contributed by atoms with E-state index in [0.29, 0.717) is 23.9 Å². The summed E-state index contributed by atoms with van der Waals surface area (Å²) in [6.45, 7) is 0. The first-order valence-corrected chi connectivity index (χ1v) is 11.4. The van der Waals surface area contributed by atoms with Crippen LogP contribution in [-0.4, -0.2) is 43.8 Å². The van der Waals surface area contributed by atoms with E-state index in [1.165, 1.54) is 25.7 Å². The van der Waals surface area contributed by atoms with Gasteiger partial charge in [0.1, 0.15) is 10.8 Å². The van der Waals surface area contributed by atoms with E-state index in [1.54, 1.807) is 11.3 Å². The van der Waals surface area contributed by atoms with Crippen molar-refractivity contribution in [3.8, 4) is 21.7 Å². The zero-order valence-electron chi connectivity index (χ0n) is 18.1. The minimum Gasteiger partial charge on any atom is -0.383 e. The van der Waals surface area contributed by atoms with Crippen LogP contribution in [0.4, 0.5) is 5.82 Å². The number of halogens is 3. The van der Waals surface area contributed by atoms with Crippen LogP contribution >= 0.6 is 48.6 Å². The van der Waals surface area contributed by atoms with Gasteiger partial charge in [0, 0.05) is 35.6 Å². The Kier molecular flexibility index (Phi) is 7.91. The molecule has 3 aromatic heterocycles. The van der Waals surface area contributed by atoms with Crippen LogP contribution < -0.4 is 5.73 Å². The zero-order valence-corrected chi connectivity index (χ0v) is 21.4. The van der Waals surface area contributed by atoms with Crippen LogP contribution in [0.3, 0.4) is 0 Å². The van der Waals surface area contributed by atoms with Gasteiger partial charge in [-0.15, -0.1) is 48.6 Å². The molecule has 0 amide bonds. The van der Waals surface area contributed by atoms with Crippen molar-refractivity contribution in [2.45, 2.75) is 43.8 Å². The van der Waals surface area contributed by atoms with Crippen LogP contribution in [-0.2, 0) is 0 Å². The Morgan fingerprint density at radius 2 is 1.70 bits per heavy atom. The summed E-state index contributed by atoms with van der Waals surface area (Å²) >= 11 is 1.65. The number of hydrogen-bond donors (Lipinski definition) is 1. The molecule has 2 aliphatic heterocycles. The number of aromatic nitrogens is 4. The summed E-state index contributed by atoms with van der Waals surface area (Å²) in [4.78, 5) is 11.8. The molecule has 10 heteroatoms. The highest BCUT2D eigenvalue weighted by molar-refractivity contribution is 7.21. The normalized spacial score (nSPS) is 21.8. The van der Waals surface area contributed by atoms with E-state index < -0.39 is 0 Å². The number of piperidine rings is 1. The van der Waals surface area contributed by atoms with Crippen molar-refractivity contribution in [1.29, 1.82) is 0 Å². The molecule has 0 radical (unpaired) electrons. The average Bonchev–Trinajstić information content (AvgIpc) is 3.45. The number of fused-ring (bicyclic) bond motifs is 3. The van der Waals surface area contributed by atoms with E-state index in [9.17, 15) is 0 Å². The Bertz CT molecular complexity index is 1190. The van der Waals surface area contributed by atoms with Gasteiger partial charge in [-0.1, -0.05) is 12.1 Å². The highest BCUT2D eigenvalue weighted by atomic mass is 35.5. The average molecular weight is 526 g/mol. The Morgan fingerprint density at radius 1 is 0.970 bits per heavy atom. The first-order chi connectivity index (χ1) is 14.7. The van der Waals surface area contributed by atoms with Gasteiger partial charge in [-0.2, -0.15) is 5.10 Å². The lowest BCUT2D eigenvalue weighted by atomic mass is 9.98. The van der Waals surface area contributed by atoms with E-state index >= 15 is 0 Å². The summed E-state index contributed by atoms with van der Waals surface area (Å²) in [7, 11) is 2.27. The monoisotopic (exact) mass is 524 g/mol. The molecule has 33 heavy (non-hydrogen) atoms. The summed E-state index contributed by atoms with van der Waals surface area (Å²) in [6, 6.07) is 12.1. The Labute approximate surface area is 215 Å². The highest BCUT2D eigenvalue weighted by Crippen LogP contribution is 2.40. The maximum Gasteiger partial charge on any atom is 0.133 e. The summed E-state index contributed by atoms with van der Waals surface area (Å²) in [6.07, 6.45) is 11.0. The first-order valence-electron chi connectivity index (χ1n) is 10.5. The Hall–Kier alpha value is -1.90. The third-order valence-electron chi connectivity index (χ3n) is 6.83. The number of hydrogen-bond acceptors (Lipinski definition) is 6. The molecule has 6 rings (SSSR count). The molecule has 176 valence electrons. The van der Waals surface area contributed by atoms with Crippen molar-refractivity contribution >= 4 is 64.6 Å². The minimum atomic E-state index is 0. The van der Waals surface area contributed by atoms with Gasteiger partial charge < -0.3 is 10.6 Å². The first kappa shape index (κ1) is 25.7. The summed E-state index contributed by atoms with van der Waals surface area (Å²) in [5, 5.41) is 5.63. The maximum absolute atomic E-state index is 6.22. The van der Waals surface area contributed by atoms with Crippen molar-refractivity contribution in [2.75, 3.05) is 12.8 Å². The SMILES string of the molecule is CN1C2CCC1CC(n1cc(-c3cnc(N)c(-c4nc5ccccc5s4)c3)cn1)C2.Cl.Cl.Cl. The molecular formula is C23H27Cl3N6S. The fourth-order valence-corrected chi connectivity index (χ4v) is 6.07. The second-order valence-corrected chi connectivity index (χ2v) is 9.56. The van der Waals surface area contributed by atoms with Gasteiger partial charge in [-0.3, -0.25) is 4.68 Å². The summed E-state index contributed by atoms with van der Waals surface area (Å²) in [5.74, 6) is 0.511. The van der Waals surface area contributed by atoms with Gasteiger partial charge in [-0.25, -0.2) is 9.97 Å². The van der Waals surface area contributed by atoms with E-state index in [-0.39, 0.29) is 37.2 Å². The largest absolute Gasteiger partial charge is 0.383 e. The second kappa shape index (κ2) is 10.2. The molecule has 2 atom stereocenters. The molecule has 2 unspecified atom stereocenters. The Morgan fingerprint density at radius 3 is 2.42 bits per heavy atom. The fraction of sp³-hybridized carbons (Fsp3) is 0.348. The molecule has 2 N–H and O–H groups in total. The quantitative estimate of drug-likeness (QED) is 0.362. The van der Waals surface area contributed by atoms with Crippen molar-refractivity contribution in [2.24, 2.45) is 0 Å². The van der Waals surface area contributed by atoms with Gasteiger partial charge in [0.2, 0.25) is 0 Å². The molecule has 2 saturated heterocycles. The van der Waals surface area contributed by atoms with Gasteiger partial charge in [-0.05, 0) is 50.9 Å². The number of rotatable bonds is 3. The molecule has 1 aromatic carbocycles. The number of para-hydroxylation sites is 1. The molecular weight excluding hydrogens is 499 g/mol. The molecule has 2 bridgehead atoms. The zero-order chi connectivity index (χ0) is 20.2. The lowest BCUT2D eigenvalue weighted by Crippen LogP contribution is -2.40. The molecule has 6 nitrogen and oxygen atoms in total. The number of anilines is 1. The topological polar surface area (TPSA) is 72.9 Å². The van der Waals surface area contributed by atoms with Crippen molar-refractivity contribution < 1.29 is 0 Å². The number of nitrogens with two attached hydrogens (primary N) is 1. The van der Waals surface area contributed by atoms with Crippen LogP contribution in [0.15, 0.2) is 48.9 Å². The molecule has 4 aromatic rings. The molecule has 5 heterocycles. The van der Waals surface area contributed by atoms with E-state index in [2.05, 4.69) is 39.9 Å². The standard InChI is InChI=1S/C23H24N6S.3ClH/c1-28-16-6-7-17(28)10-18(9-16)29-13-15(12-26-29)14-8-19(22(24)25-11-14)23-27-20-4-2-3-5-21(20)30-23;;;/h2-5,8,11-13,16-18H,6-7,9-10H2,1H3,(H2,24,25);3*1H. The van der Waals surface area contributed by atoms with E-state index in [0.717, 1.165) is 31.9 Å². The van der Waals surface area contributed by atoms with E-state index in [4.69, 9.17) is 15.8 Å². The molecule has 2 aliphatic rings. The summed E-state index contributed by atoms with van der Waals surface area (Å²) in [5.41, 5.74) is 10.2. The fourth-order valence-electron chi connectivity index (χ4n) is 5.08. The van der Waals surface area contributed by atoms with Crippen molar-refractivity contribution in [1.82, 2.24) is 24.6 Å². The number of benzene rings is 1. The van der Waals surface area contributed by atoms with Gasteiger partial charge in [0.15, 0.2) is 0 Å². The van der Waals surface area contributed by atoms with Crippen molar-refractivity contribution in [3.63, 3.8) is 0 Å². The van der Waals surface area contributed by atoms with Crippen LogP contribution in [0.25, 0.3) is 31.9 Å². The molecule has 0 saturated carbocycles. The molecule has 0 aliphatic carbocycles. The maximum atomic E-state index is 6.22. The van der Waals surface area contributed by atoms with Crippen LogP contribution in [0.2, 0.25) is 0 Å². The minimum absolute atomic E-state index is 0. The lowest BCUT2D eigenvalue weighted by Gasteiger charge is -2.36. The van der Waals surface area contributed by atoms with Crippen LogP contribution in [0.5, 0.6) is 0 Å². The van der Waals surface area contributed by atoms with Crippen LogP contribution in [0.1, 0.15) is 31.7 Å². The number of nitrogen functional groups attached to an aromatic ring is 1. The third kappa shape index (κ3) is 4.57. The van der Waals surface area contributed by atoms with Gasteiger partial charge in [0.25, 0.3) is 0 Å². The lowest BCUT2D eigenvalue weighted by molar-refractivity contribution is 0.131. The Balaban J connectivity index is 0.00000102. The number of nitrogens with zero attached hydrogens (tertiary/aromatic N) is 5. The molecule has 2 fully saturated rings. The predicted molar refractivity (Wildman–Crippen MR) is 143 cm³/mol. The molecule has 0 spiro atoms. The highest BCUT2D eigenvalue weighted by Gasteiger charge is 2.39. The van der Waals surface area contributed by atoms with E-state index in [1.807, 2.05) is 30.6 Å². The van der Waals surface area contributed by atoms with Gasteiger partial charge in [0.05, 0.1) is 28.0 Å². The third-order valence-corrected chi connectivity index (χ3v) is 7.89. The van der Waals surface area contributed by atoms with Crippen LogP contribution in [0, 0.1) is 0 Å². The predicted octanol–water partition coefficient (Wildman–Crippen LogP) is 5.87. The number of thiazole rings is 1.